The lowest BCUT2D eigenvalue weighted by atomic mass is 9.96. The van der Waals surface area contributed by atoms with E-state index in [4.69, 9.17) is 10.8 Å². The van der Waals surface area contributed by atoms with E-state index in [0.717, 1.165) is 22.0 Å². The number of nitrogens with zero attached hydrogens (tertiary/aromatic N) is 1. The molecule has 0 aliphatic carbocycles. The highest BCUT2D eigenvalue weighted by atomic mass is 16.4. The van der Waals surface area contributed by atoms with Crippen LogP contribution in [0.3, 0.4) is 0 Å². The Morgan fingerprint density at radius 3 is 2.64 bits per heavy atom. The molecule has 4 N–H and O–H groups in total. The zero-order valence-electron chi connectivity index (χ0n) is 13.2. The van der Waals surface area contributed by atoms with Crippen molar-refractivity contribution in [3.8, 4) is 0 Å². The van der Waals surface area contributed by atoms with E-state index in [9.17, 15) is 9.90 Å². The van der Waals surface area contributed by atoms with Gasteiger partial charge in [0, 0.05) is 24.7 Å². The van der Waals surface area contributed by atoms with E-state index in [-0.39, 0.29) is 12.5 Å². The average Bonchev–Trinajstić information content (AvgIpc) is 2.82. The normalized spacial score (nSPS) is 11.5. The summed E-state index contributed by atoms with van der Waals surface area (Å²) in [5.74, 6) is -0.694. The highest BCUT2D eigenvalue weighted by Gasteiger charge is 2.17. The van der Waals surface area contributed by atoms with Gasteiger partial charge in [0.15, 0.2) is 0 Å². The van der Waals surface area contributed by atoms with Crippen LogP contribution in [-0.2, 0) is 13.0 Å². The molecule has 2 rings (SSSR count). The van der Waals surface area contributed by atoms with Crippen LogP contribution >= 0.6 is 0 Å². The summed E-state index contributed by atoms with van der Waals surface area (Å²) in [6.07, 6.45) is 3.43. The number of carbonyl (C=O) groups is 1. The first-order valence-corrected chi connectivity index (χ1v) is 7.69. The molecule has 0 unspecified atom stereocenters. The van der Waals surface area contributed by atoms with Gasteiger partial charge in [-0.05, 0) is 48.6 Å². The fourth-order valence-electron chi connectivity index (χ4n) is 2.88. The van der Waals surface area contributed by atoms with Crippen LogP contribution in [-0.4, -0.2) is 33.9 Å². The van der Waals surface area contributed by atoms with Gasteiger partial charge in [-0.2, -0.15) is 0 Å². The van der Waals surface area contributed by atoms with Gasteiger partial charge in [-0.3, -0.25) is 0 Å². The fourth-order valence-corrected chi connectivity index (χ4v) is 2.88. The average molecular weight is 304 g/mol. The van der Waals surface area contributed by atoms with Crippen LogP contribution in [0.2, 0.25) is 0 Å². The quantitative estimate of drug-likeness (QED) is 0.732. The summed E-state index contributed by atoms with van der Waals surface area (Å²) in [5.41, 5.74) is 9.17. The summed E-state index contributed by atoms with van der Waals surface area (Å²) in [5, 5.41) is 19.4. The first-order chi connectivity index (χ1) is 10.5. The number of hydrogen-bond donors (Lipinski definition) is 3. The Bertz CT molecular complexity index is 674. The van der Waals surface area contributed by atoms with Gasteiger partial charge in [0.25, 0.3) is 0 Å². The Hall–Kier alpha value is -1.85. The van der Waals surface area contributed by atoms with E-state index in [1.807, 2.05) is 6.20 Å². The van der Waals surface area contributed by atoms with Crippen molar-refractivity contribution in [1.82, 2.24) is 4.57 Å². The third-order valence-electron chi connectivity index (χ3n) is 3.92. The van der Waals surface area contributed by atoms with Gasteiger partial charge < -0.3 is 20.5 Å². The number of rotatable bonds is 7. The summed E-state index contributed by atoms with van der Waals surface area (Å²) < 4.78 is 2.12. The van der Waals surface area contributed by atoms with Crippen molar-refractivity contribution in [3.05, 3.63) is 35.0 Å². The SMILES string of the molecule is CC(C)c1cc(C(=O)O)cc2c(CCN)cn(CCCO)c12. The van der Waals surface area contributed by atoms with Gasteiger partial charge >= 0.3 is 5.97 Å². The molecule has 0 fully saturated rings. The van der Waals surface area contributed by atoms with Gasteiger partial charge in [-0.15, -0.1) is 0 Å². The predicted molar refractivity (Wildman–Crippen MR) is 87.4 cm³/mol. The summed E-state index contributed by atoms with van der Waals surface area (Å²) in [6, 6.07) is 3.50. The van der Waals surface area contributed by atoms with Gasteiger partial charge in [0.2, 0.25) is 0 Å². The Labute approximate surface area is 130 Å². The molecular weight excluding hydrogens is 280 g/mol. The molecule has 2 aromatic rings. The van der Waals surface area contributed by atoms with Crippen LogP contribution in [0.15, 0.2) is 18.3 Å². The number of hydrogen-bond acceptors (Lipinski definition) is 3. The maximum absolute atomic E-state index is 11.4. The summed E-state index contributed by atoms with van der Waals surface area (Å²) in [6.45, 7) is 5.49. The minimum atomic E-state index is -0.911. The lowest BCUT2D eigenvalue weighted by molar-refractivity contribution is 0.0697. The third kappa shape index (κ3) is 3.15. The molecule has 0 aliphatic heterocycles. The lowest BCUT2D eigenvalue weighted by Crippen LogP contribution is -2.04. The number of aryl methyl sites for hydroxylation is 1. The van der Waals surface area contributed by atoms with Crippen molar-refractivity contribution in [2.24, 2.45) is 5.73 Å². The van der Waals surface area contributed by atoms with E-state index in [2.05, 4.69) is 18.4 Å². The molecule has 5 heteroatoms. The lowest BCUT2D eigenvalue weighted by Gasteiger charge is -2.13. The molecule has 0 amide bonds. The Kier molecular flexibility index (Phi) is 5.21. The second-order valence-corrected chi connectivity index (χ2v) is 5.89. The molecule has 22 heavy (non-hydrogen) atoms. The Morgan fingerprint density at radius 2 is 2.09 bits per heavy atom. The van der Waals surface area contributed by atoms with Crippen molar-refractivity contribution in [3.63, 3.8) is 0 Å². The van der Waals surface area contributed by atoms with Crippen molar-refractivity contribution in [1.29, 1.82) is 0 Å². The molecule has 0 saturated carbocycles. The molecule has 1 aromatic carbocycles. The van der Waals surface area contributed by atoms with Gasteiger partial charge in [-0.25, -0.2) is 4.79 Å². The molecule has 0 bridgehead atoms. The number of aromatic nitrogens is 1. The molecule has 1 heterocycles. The molecule has 0 radical (unpaired) electrons. The number of nitrogens with two attached hydrogens (primary N) is 1. The van der Waals surface area contributed by atoms with Crippen LogP contribution in [0, 0.1) is 0 Å². The first-order valence-electron chi connectivity index (χ1n) is 7.69. The second-order valence-electron chi connectivity index (χ2n) is 5.89. The molecule has 0 saturated heterocycles. The molecular formula is C17H24N2O3. The van der Waals surface area contributed by atoms with Crippen LogP contribution in [0.4, 0.5) is 0 Å². The van der Waals surface area contributed by atoms with Crippen LogP contribution in [0.25, 0.3) is 10.9 Å². The summed E-state index contributed by atoms with van der Waals surface area (Å²) in [7, 11) is 0. The number of carboxylic acids is 1. The van der Waals surface area contributed by atoms with E-state index in [1.165, 1.54) is 0 Å². The topological polar surface area (TPSA) is 88.5 Å². The molecule has 0 spiro atoms. The number of aromatic carboxylic acids is 1. The molecule has 1 aromatic heterocycles. The van der Waals surface area contributed by atoms with E-state index in [0.29, 0.717) is 31.5 Å². The Balaban J connectivity index is 2.72. The van der Waals surface area contributed by atoms with Crippen molar-refractivity contribution in [2.75, 3.05) is 13.2 Å². The van der Waals surface area contributed by atoms with Crippen LogP contribution in [0.5, 0.6) is 0 Å². The minimum Gasteiger partial charge on any atom is -0.478 e. The standard InChI is InChI=1S/C17H24N2O3/c1-11(2)14-8-13(17(21)22)9-15-12(4-5-18)10-19(16(14)15)6-3-7-20/h8-11,20H,3-7,18H2,1-2H3,(H,21,22). The van der Waals surface area contributed by atoms with Crippen LogP contribution < -0.4 is 5.73 Å². The summed E-state index contributed by atoms with van der Waals surface area (Å²) in [4.78, 5) is 11.4. The van der Waals surface area contributed by atoms with Gasteiger partial charge in [0.05, 0.1) is 11.1 Å². The van der Waals surface area contributed by atoms with Crippen molar-refractivity contribution in [2.45, 2.75) is 39.2 Å². The first kappa shape index (κ1) is 16.5. The largest absolute Gasteiger partial charge is 0.478 e. The molecule has 5 nitrogen and oxygen atoms in total. The maximum atomic E-state index is 11.4. The minimum absolute atomic E-state index is 0.135. The van der Waals surface area contributed by atoms with Crippen LogP contribution in [0.1, 0.15) is 47.7 Å². The zero-order valence-corrected chi connectivity index (χ0v) is 13.2. The molecule has 120 valence electrons. The zero-order chi connectivity index (χ0) is 16.3. The van der Waals surface area contributed by atoms with E-state index < -0.39 is 5.97 Å². The van der Waals surface area contributed by atoms with E-state index in [1.54, 1.807) is 12.1 Å². The Morgan fingerprint density at radius 1 is 1.36 bits per heavy atom. The summed E-state index contributed by atoms with van der Waals surface area (Å²) >= 11 is 0. The number of benzene rings is 1. The fraction of sp³-hybridized carbons (Fsp3) is 0.471. The highest BCUT2D eigenvalue weighted by molar-refractivity contribution is 5.97. The number of fused-ring (bicyclic) bond motifs is 1. The van der Waals surface area contributed by atoms with Gasteiger partial charge in [0.1, 0.15) is 0 Å². The maximum Gasteiger partial charge on any atom is 0.335 e. The molecule has 0 aliphatic rings. The van der Waals surface area contributed by atoms with Crippen molar-refractivity contribution < 1.29 is 15.0 Å². The third-order valence-corrected chi connectivity index (χ3v) is 3.92. The highest BCUT2D eigenvalue weighted by Crippen LogP contribution is 2.31. The predicted octanol–water partition coefficient (Wildman–Crippen LogP) is 2.35. The van der Waals surface area contributed by atoms with E-state index >= 15 is 0 Å². The number of carboxylic acid groups (broad SMARTS) is 1. The smallest absolute Gasteiger partial charge is 0.335 e. The molecule has 0 atom stereocenters. The van der Waals surface area contributed by atoms with Crippen molar-refractivity contribution >= 4 is 16.9 Å². The second kappa shape index (κ2) is 6.94. The monoisotopic (exact) mass is 304 g/mol. The van der Waals surface area contributed by atoms with Gasteiger partial charge in [-0.1, -0.05) is 13.8 Å². The number of aliphatic hydroxyl groups excluding tert-OH is 1. The number of aliphatic hydroxyl groups is 1.